The molecular weight excluding hydrogens is 116 g/mol. The van der Waals surface area contributed by atoms with Gasteiger partial charge in [0.2, 0.25) is 0 Å². The summed E-state index contributed by atoms with van der Waals surface area (Å²) in [5, 5.41) is 8.99. The fourth-order valence-electron chi connectivity index (χ4n) is 0.233. The van der Waals surface area contributed by atoms with Crippen LogP contribution >= 0.6 is 0 Å². The van der Waals surface area contributed by atoms with Crippen LogP contribution in [0.2, 0.25) is 0 Å². The third-order valence-electron chi connectivity index (χ3n) is 0.573. The Kier molecular flexibility index (Phi) is 3.11. The van der Waals surface area contributed by atoms with E-state index in [-0.39, 0.29) is 0 Å². The van der Waals surface area contributed by atoms with Crippen LogP contribution in [-0.2, 0) is 4.74 Å². The Morgan fingerprint density at radius 1 is 1.56 bits per heavy atom. The van der Waals surface area contributed by atoms with E-state index < -0.39 is 5.60 Å². The number of rotatable bonds is 1. The smallest absolute Gasteiger partial charge is 0.123 e. The molecule has 0 aliphatic heterocycles. The van der Waals surface area contributed by atoms with Crippen LogP contribution in [0.1, 0.15) is 20.8 Å². The Morgan fingerprint density at radius 3 is 2.44 bits per heavy atom. The van der Waals surface area contributed by atoms with E-state index in [2.05, 4.69) is 16.8 Å². The highest BCUT2D eigenvalue weighted by atomic mass is 16.5. The van der Waals surface area contributed by atoms with Gasteiger partial charge in [0, 0.05) is 0 Å². The fraction of sp³-hybridized carbons (Fsp3) is 0.714. The van der Waals surface area contributed by atoms with Crippen molar-refractivity contribution in [2.75, 3.05) is 6.61 Å². The molecule has 0 aliphatic rings. The largest absolute Gasteiger partial charge is 0.447 e. The van der Waals surface area contributed by atoms with Crippen LogP contribution in [-0.4, -0.2) is 17.3 Å². The van der Waals surface area contributed by atoms with Crippen molar-refractivity contribution in [1.29, 1.82) is 0 Å². The minimum atomic E-state index is -0.935. The fourth-order valence-corrected chi connectivity index (χ4v) is 0.233. The Labute approximate surface area is 55.8 Å². The number of hydrogen-bond acceptors (Lipinski definition) is 2. The van der Waals surface area contributed by atoms with Gasteiger partial charge in [-0.25, -0.2) is 0 Å². The molecule has 0 fully saturated rings. The molecule has 0 aliphatic carbocycles. The molecule has 0 amide bonds. The Hall–Kier alpha value is -0.680. The van der Waals surface area contributed by atoms with Gasteiger partial charge in [-0.3, -0.25) is 0 Å². The van der Waals surface area contributed by atoms with Crippen molar-refractivity contribution in [3.05, 3.63) is 0 Å². The molecule has 0 unspecified atom stereocenters. The second-order valence-electron chi connectivity index (χ2n) is 2.22. The molecule has 2 nitrogen and oxygen atoms in total. The molecule has 52 valence electrons. The molecule has 0 saturated heterocycles. The van der Waals surface area contributed by atoms with Crippen molar-refractivity contribution in [3.63, 3.8) is 0 Å². The van der Waals surface area contributed by atoms with Gasteiger partial charge in [-0.15, -0.1) is 0 Å². The van der Waals surface area contributed by atoms with Gasteiger partial charge in [-0.2, -0.15) is 0 Å². The minimum Gasteiger partial charge on any atom is -0.447 e. The highest BCUT2D eigenvalue weighted by molar-refractivity contribution is 5.05. The molecule has 0 atom stereocenters. The zero-order chi connectivity index (χ0) is 7.33. The maximum Gasteiger partial charge on any atom is 0.123 e. The van der Waals surface area contributed by atoms with E-state index in [0.29, 0.717) is 6.61 Å². The van der Waals surface area contributed by atoms with Gasteiger partial charge in [0.25, 0.3) is 0 Å². The Balaban J connectivity index is 3.59. The average molecular weight is 128 g/mol. The predicted octanol–water partition coefficient (Wildman–Crippen LogP) is 0.755. The summed E-state index contributed by atoms with van der Waals surface area (Å²) < 4.78 is 4.69. The van der Waals surface area contributed by atoms with Gasteiger partial charge in [0.1, 0.15) is 11.7 Å². The van der Waals surface area contributed by atoms with Gasteiger partial charge in [-0.05, 0) is 26.7 Å². The van der Waals surface area contributed by atoms with Crippen molar-refractivity contribution >= 4 is 0 Å². The Morgan fingerprint density at radius 2 is 2.11 bits per heavy atom. The predicted molar refractivity (Wildman–Crippen MR) is 35.7 cm³/mol. The summed E-state index contributed by atoms with van der Waals surface area (Å²) in [6, 6.07) is 0. The summed E-state index contributed by atoms with van der Waals surface area (Å²) in [7, 11) is 0. The number of ether oxygens (including phenoxy) is 1. The van der Waals surface area contributed by atoms with E-state index in [1.807, 2.05) is 6.92 Å². The number of aliphatic hydroxyl groups is 1. The first kappa shape index (κ1) is 8.32. The van der Waals surface area contributed by atoms with E-state index in [1.165, 1.54) is 0 Å². The average Bonchev–Trinajstić information content (AvgIpc) is 1.63. The van der Waals surface area contributed by atoms with Crippen LogP contribution < -0.4 is 0 Å². The van der Waals surface area contributed by atoms with Gasteiger partial charge >= 0.3 is 0 Å². The van der Waals surface area contributed by atoms with Crippen LogP contribution in [0.15, 0.2) is 0 Å². The first-order valence-corrected chi connectivity index (χ1v) is 2.92. The van der Waals surface area contributed by atoms with Gasteiger partial charge in [-0.1, -0.05) is 0 Å². The molecule has 0 heterocycles. The van der Waals surface area contributed by atoms with Crippen LogP contribution in [0.5, 0.6) is 0 Å². The summed E-state index contributed by atoms with van der Waals surface area (Å²) in [5.74, 6) is 2.51. The SMILES string of the molecule is CCOC#CC(C)(C)O. The van der Waals surface area contributed by atoms with Crippen LogP contribution in [0.4, 0.5) is 0 Å². The normalized spacial score (nSPS) is 9.78. The zero-order valence-electron chi connectivity index (χ0n) is 6.06. The third-order valence-corrected chi connectivity index (χ3v) is 0.573. The van der Waals surface area contributed by atoms with E-state index >= 15 is 0 Å². The van der Waals surface area contributed by atoms with Crippen molar-refractivity contribution in [3.8, 4) is 12.0 Å². The lowest BCUT2D eigenvalue weighted by Crippen LogP contribution is -2.14. The summed E-state index contributed by atoms with van der Waals surface area (Å²) in [6.07, 6.45) is 2.38. The van der Waals surface area contributed by atoms with E-state index in [4.69, 9.17) is 5.11 Å². The van der Waals surface area contributed by atoms with Crippen LogP contribution in [0, 0.1) is 12.0 Å². The topological polar surface area (TPSA) is 29.5 Å². The maximum atomic E-state index is 8.99. The molecule has 0 rings (SSSR count). The second kappa shape index (κ2) is 3.37. The monoisotopic (exact) mass is 128 g/mol. The maximum absolute atomic E-state index is 8.99. The lowest BCUT2D eigenvalue weighted by atomic mass is 10.2. The minimum absolute atomic E-state index is 0.559. The lowest BCUT2D eigenvalue weighted by Gasteiger charge is -2.04. The molecular formula is C7H12O2. The highest BCUT2D eigenvalue weighted by Crippen LogP contribution is 1.95. The third kappa shape index (κ3) is 7.32. The van der Waals surface area contributed by atoms with Crippen LogP contribution in [0.3, 0.4) is 0 Å². The molecule has 0 aromatic rings. The summed E-state index contributed by atoms with van der Waals surface area (Å²) >= 11 is 0. The van der Waals surface area contributed by atoms with Crippen molar-refractivity contribution in [2.24, 2.45) is 0 Å². The first-order valence-electron chi connectivity index (χ1n) is 2.92. The van der Waals surface area contributed by atoms with Crippen LogP contribution in [0.25, 0.3) is 0 Å². The molecule has 2 heteroatoms. The molecule has 0 radical (unpaired) electrons. The summed E-state index contributed by atoms with van der Waals surface area (Å²) in [6.45, 7) is 5.63. The van der Waals surface area contributed by atoms with E-state index in [1.54, 1.807) is 13.8 Å². The van der Waals surface area contributed by atoms with Gasteiger partial charge in [0.15, 0.2) is 0 Å². The molecule has 1 N–H and O–H groups in total. The van der Waals surface area contributed by atoms with Crippen molar-refractivity contribution < 1.29 is 9.84 Å². The molecule has 0 aromatic carbocycles. The van der Waals surface area contributed by atoms with Gasteiger partial charge in [0.05, 0.1) is 6.61 Å². The molecule has 0 bridgehead atoms. The molecule has 9 heavy (non-hydrogen) atoms. The lowest BCUT2D eigenvalue weighted by molar-refractivity contribution is 0.141. The number of hydrogen-bond donors (Lipinski definition) is 1. The first-order chi connectivity index (χ1) is 4.06. The second-order valence-corrected chi connectivity index (χ2v) is 2.22. The van der Waals surface area contributed by atoms with Crippen molar-refractivity contribution in [2.45, 2.75) is 26.4 Å². The highest BCUT2D eigenvalue weighted by Gasteiger charge is 2.05. The standard InChI is InChI=1S/C7H12O2/c1-4-9-6-5-7(2,3)8/h8H,4H2,1-3H3. The summed E-state index contributed by atoms with van der Waals surface area (Å²) in [4.78, 5) is 0. The van der Waals surface area contributed by atoms with Gasteiger partial charge < -0.3 is 9.84 Å². The van der Waals surface area contributed by atoms with E-state index in [0.717, 1.165) is 0 Å². The molecule has 0 saturated carbocycles. The molecule has 0 aromatic heterocycles. The molecule has 0 spiro atoms. The van der Waals surface area contributed by atoms with Crippen molar-refractivity contribution in [1.82, 2.24) is 0 Å². The quantitative estimate of drug-likeness (QED) is 0.528. The summed E-state index contributed by atoms with van der Waals surface area (Å²) in [5.41, 5.74) is -0.935. The van der Waals surface area contributed by atoms with E-state index in [9.17, 15) is 0 Å². The Bertz CT molecular complexity index is 122. The zero-order valence-corrected chi connectivity index (χ0v) is 6.06.